The van der Waals surface area contributed by atoms with Crippen molar-refractivity contribution in [1.82, 2.24) is 9.55 Å². The molecule has 0 aliphatic heterocycles. The van der Waals surface area contributed by atoms with Gasteiger partial charge in [-0.05, 0) is 36.2 Å². The molecular weight excluding hydrogens is 284 g/mol. The van der Waals surface area contributed by atoms with E-state index in [-0.39, 0.29) is 0 Å². The molecule has 0 fully saturated rings. The van der Waals surface area contributed by atoms with Gasteiger partial charge in [-0.2, -0.15) is 0 Å². The van der Waals surface area contributed by atoms with Crippen LogP contribution in [-0.4, -0.2) is 9.55 Å². The summed E-state index contributed by atoms with van der Waals surface area (Å²) in [6, 6.07) is 18.3. The first kappa shape index (κ1) is 15.3. The maximum absolute atomic E-state index is 5.82. The topological polar surface area (TPSA) is 27.1 Å². The van der Waals surface area contributed by atoms with E-state index in [1.807, 2.05) is 36.7 Å². The molecule has 1 heterocycles. The van der Waals surface area contributed by atoms with Crippen LogP contribution in [0.3, 0.4) is 0 Å². The highest BCUT2D eigenvalue weighted by Gasteiger charge is 2.03. The van der Waals surface area contributed by atoms with Gasteiger partial charge in [-0.1, -0.05) is 43.7 Å². The van der Waals surface area contributed by atoms with E-state index in [1.54, 1.807) is 0 Å². The van der Waals surface area contributed by atoms with Gasteiger partial charge in [0.2, 0.25) is 0 Å². The third-order valence-electron chi connectivity index (χ3n) is 3.80. The number of rotatable bonds is 7. The lowest BCUT2D eigenvalue weighted by atomic mass is 10.1. The predicted molar refractivity (Wildman–Crippen MR) is 93.3 cm³/mol. The molecule has 0 saturated heterocycles. The van der Waals surface area contributed by atoms with Crippen molar-refractivity contribution in [2.75, 3.05) is 0 Å². The van der Waals surface area contributed by atoms with E-state index >= 15 is 0 Å². The highest BCUT2D eigenvalue weighted by molar-refractivity contribution is 5.59. The number of imidazole rings is 1. The number of hydrogen-bond acceptors (Lipinski definition) is 2. The largest absolute Gasteiger partial charge is 0.489 e. The average molecular weight is 306 g/mol. The molecule has 0 spiro atoms. The third-order valence-corrected chi connectivity index (χ3v) is 3.80. The molecule has 0 N–H and O–H groups in total. The minimum absolute atomic E-state index is 0.589. The summed E-state index contributed by atoms with van der Waals surface area (Å²) < 4.78 is 7.97. The number of benzene rings is 2. The van der Waals surface area contributed by atoms with Crippen LogP contribution in [0.4, 0.5) is 0 Å². The van der Waals surface area contributed by atoms with Crippen LogP contribution < -0.4 is 4.74 Å². The highest BCUT2D eigenvalue weighted by atomic mass is 16.5. The SMILES string of the molecule is CCCCn1cnc(-c2ccc(OCc3ccccc3)cc2)c1. The Morgan fingerprint density at radius 1 is 1.00 bits per heavy atom. The van der Waals surface area contributed by atoms with Gasteiger partial charge in [0, 0.05) is 18.3 Å². The smallest absolute Gasteiger partial charge is 0.119 e. The zero-order valence-electron chi connectivity index (χ0n) is 13.5. The molecule has 0 radical (unpaired) electrons. The van der Waals surface area contributed by atoms with Gasteiger partial charge in [-0.15, -0.1) is 0 Å². The first-order valence-corrected chi connectivity index (χ1v) is 8.14. The first-order valence-electron chi connectivity index (χ1n) is 8.14. The summed E-state index contributed by atoms with van der Waals surface area (Å²) in [6.07, 6.45) is 6.39. The maximum Gasteiger partial charge on any atom is 0.119 e. The Morgan fingerprint density at radius 3 is 2.52 bits per heavy atom. The van der Waals surface area contributed by atoms with Gasteiger partial charge < -0.3 is 9.30 Å². The molecule has 3 heteroatoms. The molecule has 3 aromatic rings. The summed E-state index contributed by atoms with van der Waals surface area (Å²) in [5.41, 5.74) is 3.30. The Morgan fingerprint density at radius 2 is 1.78 bits per heavy atom. The minimum atomic E-state index is 0.589. The summed E-state index contributed by atoms with van der Waals surface area (Å²) in [5.74, 6) is 0.878. The molecule has 0 aliphatic rings. The molecule has 23 heavy (non-hydrogen) atoms. The second-order valence-corrected chi connectivity index (χ2v) is 5.65. The van der Waals surface area contributed by atoms with Gasteiger partial charge in [-0.3, -0.25) is 0 Å². The fourth-order valence-electron chi connectivity index (χ4n) is 2.43. The van der Waals surface area contributed by atoms with Crippen molar-refractivity contribution in [3.05, 3.63) is 72.7 Å². The number of ether oxygens (including phenoxy) is 1. The Labute approximate surface area is 137 Å². The van der Waals surface area contributed by atoms with Crippen LogP contribution in [0.15, 0.2) is 67.1 Å². The van der Waals surface area contributed by atoms with Crippen molar-refractivity contribution in [2.45, 2.75) is 32.9 Å². The van der Waals surface area contributed by atoms with Gasteiger partial charge in [0.05, 0.1) is 12.0 Å². The number of hydrogen-bond donors (Lipinski definition) is 0. The van der Waals surface area contributed by atoms with E-state index in [0.717, 1.165) is 23.6 Å². The van der Waals surface area contributed by atoms with Crippen LogP contribution >= 0.6 is 0 Å². The van der Waals surface area contributed by atoms with E-state index in [9.17, 15) is 0 Å². The van der Waals surface area contributed by atoms with Crippen LogP contribution in [0.2, 0.25) is 0 Å². The third kappa shape index (κ3) is 4.22. The number of aryl methyl sites for hydroxylation is 1. The Bertz CT molecular complexity index is 717. The van der Waals surface area contributed by atoms with Crippen molar-refractivity contribution in [2.24, 2.45) is 0 Å². The molecule has 2 aromatic carbocycles. The Kier molecular flexibility index (Phi) is 5.09. The summed E-state index contributed by atoms with van der Waals surface area (Å²) in [4.78, 5) is 4.48. The number of aromatic nitrogens is 2. The van der Waals surface area contributed by atoms with Gasteiger partial charge in [0.25, 0.3) is 0 Å². The average Bonchev–Trinajstić information content (AvgIpc) is 3.08. The number of unbranched alkanes of at least 4 members (excludes halogenated alkanes) is 1. The van der Waals surface area contributed by atoms with E-state index in [1.165, 1.54) is 18.4 Å². The van der Waals surface area contributed by atoms with Gasteiger partial charge in [0.1, 0.15) is 12.4 Å². The lowest BCUT2D eigenvalue weighted by Crippen LogP contribution is -1.94. The lowest BCUT2D eigenvalue weighted by Gasteiger charge is -2.06. The monoisotopic (exact) mass is 306 g/mol. The zero-order chi connectivity index (χ0) is 15.9. The molecular formula is C20H22N2O. The van der Waals surface area contributed by atoms with E-state index in [0.29, 0.717) is 6.61 Å². The fraction of sp³-hybridized carbons (Fsp3) is 0.250. The zero-order valence-corrected chi connectivity index (χ0v) is 13.5. The molecule has 118 valence electrons. The molecule has 3 nitrogen and oxygen atoms in total. The summed E-state index contributed by atoms with van der Waals surface area (Å²) in [5, 5.41) is 0. The highest BCUT2D eigenvalue weighted by Crippen LogP contribution is 2.21. The molecule has 3 rings (SSSR count). The molecule has 1 aromatic heterocycles. The van der Waals surface area contributed by atoms with Crippen molar-refractivity contribution < 1.29 is 4.74 Å². The van der Waals surface area contributed by atoms with Crippen molar-refractivity contribution in [3.8, 4) is 17.0 Å². The van der Waals surface area contributed by atoms with Crippen LogP contribution in [0.1, 0.15) is 25.3 Å². The van der Waals surface area contributed by atoms with Gasteiger partial charge in [-0.25, -0.2) is 4.98 Å². The lowest BCUT2D eigenvalue weighted by molar-refractivity contribution is 0.306. The normalized spacial score (nSPS) is 10.7. The number of nitrogens with zero attached hydrogens (tertiary/aromatic N) is 2. The molecule has 0 aliphatic carbocycles. The predicted octanol–water partition coefficient (Wildman–Crippen LogP) is 4.93. The molecule has 0 bridgehead atoms. The summed E-state index contributed by atoms with van der Waals surface area (Å²) >= 11 is 0. The summed E-state index contributed by atoms with van der Waals surface area (Å²) in [7, 11) is 0. The molecule has 0 atom stereocenters. The Balaban J connectivity index is 1.61. The Hall–Kier alpha value is -2.55. The minimum Gasteiger partial charge on any atom is -0.489 e. The summed E-state index contributed by atoms with van der Waals surface area (Å²) in [6.45, 7) is 3.82. The van der Waals surface area contributed by atoms with Crippen molar-refractivity contribution in [3.63, 3.8) is 0 Å². The second kappa shape index (κ2) is 7.63. The van der Waals surface area contributed by atoms with Crippen molar-refractivity contribution in [1.29, 1.82) is 0 Å². The molecule has 0 amide bonds. The van der Waals surface area contributed by atoms with Crippen LogP contribution in [0.25, 0.3) is 11.3 Å². The van der Waals surface area contributed by atoms with Gasteiger partial charge >= 0.3 is 0 Å². The first-order chi connectivity index (χ1) is 11.3. The second-order valence-electron chi connectivity index (χ2n) is 5.65. The van der Waals surface area contributed by atoms with Crippen LogP contribution in [0.5, 0.6) is 5.75 Å². The van der Waals surface area contributed by atoms with Crippen molar-refractivity contribution >= 4 is 0 Å². The van der Waals surface area contributed by atoms with Gasteiger partial charge in [0.15, 0.2) is 0 Å². The molecule has 0 saturated carbocycles. The van der Waals surface area contributed by atoms with E-state index < -0.39 is 0 Å². The standard InChI is InChI=1S/C20H22N2O/c1-2-3-13-22-14-20(21-16-22)18-9-11-19(12-10-18)23-15-17-7-5-4-6-8-17/h4-12,14,16H,2-3,13,15H2,1H3. The van der Waals surface area contributed by atoms with E-state index in [4.69, 9.17) is 4.74 Å². The quantitative estimate of drug-likeness (QED) is 0.619. The fourth-order valence-corrected chi connectivity index (χ4v) is 2.43. The van der Waals surface area contributed by atoms with Crippen LogP contribution in [0, 0.1) is 0 Å². The van der Waals surface area contributed by atoms with E-state index in [2.05, 4.69) is 46.9 Å². The molecule has 0 unspecified atom stereocenters. The van der Waals surface area contributed by atoms with Crippen LogP contribution in [-0.2, 0) is 13.2 Å². The maximum atomic E-state index is 5.82.